The van der Waals surface area contributed by atoms with Crippen LogP contribution in [0.1, 0.15) is 82.7 Å². The molecule has 0 aromatic carbocycles. The molecule has 2 N–H and O–H groups in total. The fourth-order valence-electron chi connectivity index (χ4n) is 6.52. The number of allylic oxidation sites excluding steroid dienone is 1. The Morgan fingerprint density at radius 2 is 1.86 bits per heavy atom. The fraction of sp³-hybridized carbons (Fsp3) is 0.714. The van der Waals surface area contributed by atoms with E-state index in [1.807, 2.05) is 18.7 Å². The summed E-state index contributed by atoms with van der Waals surface area (Å²) in [5.74, 6) is 2.48. The van der Waals surface area contributed by atoms with E-state index < -0.39 is 0 Å². The first-order valence-corrected chi connectivity index (χ1v) is 14.2. The first-order valence-electron chi connectivity index (χ1n) is 14.2. The molecule has 1 unspecified atom stereocenters. The molecule has 3 heterocycles. The number of nitrogens with zero attached hydrogens (tertiary/aromatic N) is 4. The summed E-state index contributed by atoms with van der Waals surface area (Å²) in [7, 11) is 0. The van der Waals surface area contributed by atoms with Gasteiger partial charge in [0.2, 0.25) is 11.8 Å². The average molecular weight is 511 g/mol. The predicted octanol–water partition coefficient (Wildman–Crippen LogP) is 3.18. The largest absolute Gasteiger partial charge is 0.487 e. The van der Waals surface area contributed by atoms with Crippen LogP contribution in [0.15, 0.2) is 17.5 Å². The number of carbonyl (C=O) groups excluding carboxylic acids is 2. The zero-order chi connectivity index (χ0) is 25.9. The number of ether oxygens (including phenoxy) is 1. The molecule has 2 aliphatic carbocycles. The summed E-state index contributed by atoms with van der Waals surface area (Å²) >= 11 is 0. The van der Waals surface area contributed by atoms with Gasteiger partial charge < -0.3 is 20.0 Å². The Morgan fingerprint density at radius 1 is 1.11 bits per heavy atom. The highest BCUT2D eigenvalue weighted by Gasteiger charge is 2.40. The Morgan fingerprint density at radius 3 is 2.57 bits per heavy atom. The lowest BCUT2D eigenvalue weighted by atomic mass is 9.85. The summed E-state index contributed by atoms with van der Waals surface area (Å²) in [6, 6.07) is -0.0236. The van der Waals surface area contributed by atoms with Crippen LogP contribution in [-0.2, 0) is 9.59 Å². The summed E-state index contributed by atoms with van der Waals surface area (Å²) in [5, 5.41) is 5.29. The molecule has 5 rings (SSSR count). The number of nitrogens with one attached hydrogen (secondary N) is 2. The quantitative estimate of drug-likeness (QED) is 0.581. The molecule has 2 aliphatic heterocycles. The Kier molecular flexibility index (Phi) is 7.98. The summed E-state index contributed by atoms with van der Waals surface area (Å²) in [4.78, 5) is 35.5. The minimum Gasteiger partial charge on any atom is -0.487 e. The van der Waals surface area contributed by atoms with Crippen LogP contribution in [0.4, 0.5) is 0 Å². The molecule has 9 nitrogen and oxygen atoms in total. The molecule has 2 fully saturated rings. The second kappa shape index (κ2) is 11.4. The van der Waals surface area contributed by atoms with Crippen LogP contribution in [-0.4, -0.2) is 69.5 Å². The number of hydrogen-bond donors (Lipinski definition) is 2. The van der Waals surface area contributed by atoms with Crippen LogP contribution >= 0.6 is 0 Å². The topological polar surface area (TPSA) is 99.7 Å². The molecule has 1 aromatic rings. The number of aryl methyl sites for hydroxylation is 2. The minimum absolute atomic E-state index is 0.00982. The van der Waals surface area contributed by atoms with E-state index in [4.69, 9.17) is 4.74 Å². The Balaban J connectivity index is 1.09. The van der Waals surface area contributed by atoms with Gasteiger partial charge in [-0.05, 0) is 89.5 Å². The maximum atomic E-state index is 13.4. The third kappa shape index (κ3) is 6.08. The minimum atomic E-state index is -0.209. The van der Waals surface area contributed by atoms with Gasteiger partial charge in [0.25, 0.3) is 0 Å². The van der Waals surface area contributed by atoms with Gasteiger partial charge in [-0.3, -0.25) is 9.59 Å². The zero-order valence-corrected chi connectivity index (χ0v) is 22.6. The van der Waals surface area contributed by atoms with Gasteiger partial charge in [-0.1, -0.05) is 0 Å². The van der Waals surface area contributed by atoms with E-state index in [2.05, 4.69) is 25.7 Å². The highest BCUT2D eigenvalue weighted by molar-refractivity contribution is 5.86. The van der Waals surface area contributed by atoms with Crippen molar-refractivity contribution in [2.45, 2.75) is 103 Å². The lowest BCUT2D eigenvalue weighted by molar-refractivity contribution is -0.134. The number of rotatable bonds is 7. The SMILES string of the molecule is CC(=O)NC1CCN(C(=O)C2NN(CCC3CCC(Oc4cnc(C)nc4C)CC3)C3=C2CCC3)CC1. The van der Waals surface area contributed by atoms with Crippen molar-refractivity contribution in [2.24, 2.45) is 5.92 Å². The van der Waals surface area contributed by atoms with Crippen LogP contribution in [0.2, 0.25) is 0 Å². The summed E-state index contributed by atoms with van der Waals surface area (Å²) < 4.78 is 6.23. The van der Waals surface area contributed by atoms with Crippen LogP contribution in [0, 0.1) is 19.8 Å². The normalized spacial score (nSPS) is 26.4. The van der Waals surface area contributed by atoms with Crippen molar-refractivity contribution < 1.29 is 14.3 Å². The standard InChI is InChI=1S/C28H42N6O3/c1-18-26(17-29-19(2)30-18)37-23-9-7-21(8-10-23)11-16-34-25-6-4-5-24(25)27(32-34)28(36)33-14-12-22(13-15-33)31-20(3)35/h17,21-23,27,32H,4-16H2,1-3H3,(H,31,35). The molecule has 4 aliphatic rings. The van der Waals surface area contributed by atoms with E-state index in [1.54, 1.807) is 13.1 Å². The number of hydrogen-bond acceptors (Lipinski definition) is 7. The van der Waals surface area contributed by atoms with E-state index in [1.165, 1.54) is 24.1 Å². The second-order valence-electron chi connectivity index (χ2n) is 11.3. The molecule has 37 heavy (non-hydrogen) atoms. The Bertz CT molecular complexity index is 1030. The molecule has 1 saturated heterocycles. The molecule has 202 valence electrons. The number of hydrazine groups is 1. The highest BCUT2D eigenvalue weighted by atomic mass is 16.5. The van der Waals surface area contributed by atoms with Crippen molar-refractivity contribution in [1.29, 1.82) is 0 Å². The highest BCUT2D eigenvalue weighted by Crippen LogP contribution is 2.37. The van der Waals surface area contributed by atoms with Gasteiger partial charge in [-0.25, -0.2) is 15.4 Å². The summed E-state index contributed by atoms with van der Waals surface area (Å²) in [6.07, 6.45) is 12.5. The van der Waals surface area contributed by atoms with Gasteiger partial charge in [-0.2, -0.15) is 0 Å². The molecule has 1 saturated carbocycles. The van der Waals surface area contributed by atoms with Crippen LogP contribution in [0.25, 0.3) is 0 Å². The third-order valence-corrected chi connectivity index (χ3v) is 8.55. The molecule has 9 heteroatoms. The summed E-state index contributed by atoms with van der Waals surface area (Å²) in [6.45, 7) is 7.82. The van der Waals surface area contributed by atoms with Gasteiger partial charge in [-0.15, -0.1) is 0 Å². The van der Waals surface area contributed by atoms with Gasteiger partial charge >= 0.3 is 0 Å². The van der Waals surface area contributed by atoms with Crippen LogP contribution in [0.3, 0.4) is 0 Å². The van der Waals surface area contributed by atoms with E-state index in [9.17, 15) is 9.59 Å². The van der Waals surface area contributed by atoms with Crippen molar-refractivity contribution in [3.8, 4) is 5.75 Å². The van der Waals surface area contributed by atoms with Crippen molar-refractivity contribution in [3.63, 3.8) is 0 Å². The van der Waals surface area contributed by atoms with Crippen molar-refractivity contribution in [3.05, 3.63) is 29.0 Å². The van der Waals surface area contributed by atoms with Crippen molar-refractivity contribution >= 4 is 11.8 Å². The average Bonchev–Trinajstić information content (AvgIpc) is 3.48. The molecule has 1 aromatic heterocycles. The van der Waals surface area contributed by atoms with Gasteiger partial charge in [0.1, 0.15) is 11.9 Å². The maximum Gasteiger partial charge on any atom is 0.245 e. The van der Waals surface area contributed by atoms with E-state index in [-0.39, 0.29) is 30.0 Å². The van der Waals surface area contributed by atoms with Crippen LogP contribution < -0.4 is 15.5 Å². The first kappa shape index (κ1) is 25.9. The van der Waals surface area contributed by atoms with Crippen LogP contribution in [0.5, 0.6) is 5.75 Å². The maximum absolute atomic E-state index is 13.4. The lowest BCUT2D eigenvalue weighted by Crippen LogP contribution is -2.53. The third-order valence-electron chi connectivity index (χ3n) is 8.55. The molecule has 0 radical (unpaired) electrons. The smallest absolute Gasteiger partial charge is 0.245 e. The lowest BCUT2D eigenvalue weighted by Gasteiger charge is -2.35. The number of piperidine rings is 1. The molecule has 0 spiro atoms. The van der Waals surface area contributed by atoms with E-state index in [0.29, 0.717) is 19.0 Å². The van der Waals surface area contributed by atoms with E-state index >= 15 is 0 Å². The zero-order valence-electron chi connectivity index (χ0n) is 22.6. The Hall–Kier alpha value is -2.68. The van der Waals surface area contributed by atoms with Crippen molar-refractivity contribution in [2.75, 3.05) is 19.6 Å². The Labute approximate surface area is 220 Å². The predicted molar refractivity (Wildman–Crippen MR) is 140 cm³/mol. The first-order chi connectivity index (χ1) is 17.9. The molecular weight excluding hydrogens is 468 g/mol. The molecule has 2 amide bonds. The van der Waals surface area contributed by atoms with Crippen molar-refractivity contribution in [1.82, 2.24) is 30.6 Å². The van der Waals surface area contributed by atoms with Gasteiger partial charge in [0, 0.05) is 38.3 Å². The molecular formula is C28H42N6O3. The monoisotopic (exact) mass is 510 g/mol. The number of carbonyl (C=O) groups is 2. The number of amides is 2. The van der Waals surface area contributed by atoms with E-state index in [0.717, 1.165) is 75.2 Å². The van der Waals surface area contributed by atoms with Gasteiger partial charge in [0.15, 0.2) is 5.75 Å². The molecule has 1 atom stereocenters. The molecule has 0 bridgehead atoms. The second-order valence-corrected chi connectivity index (χ2v) is 11.3. The fourth-order valence-corrected chi connectivity index (χ4v) is 6.52. The summed E-state index contributed by atoms with van der Waals surface area (Å²) in [5.41, 5.74) is 7.17. The number of aromatic nitrogens is 2. The van der Waals surface area contributed by atoms with Gasteiger partial charge in [0.05, 0.1) is 18.0 Å². The number of likely N-dealkylation sites (tertiary alicyclic amines) is 1.